The van der Waals surface area contributed by atoms with Gasteiger partial charge >= 0.3 is 12.3 Å². The molecule has 2 aliphatic heterocycles. The van der Waals surface area contributed by atoms with Gasteiger partial charge in [0.2, 0.25) is 33.6 Å². The number of nitrogens with one attached hydrogen (secondary N) is 3. The summed E-state index contributed by atoms with van der Waals surface area (Å²) in [5.41, 5.74) is -1.71. The maximum atomic E-state index is 14.7. The van der Waals surface area contributed by atoms with Crippen molar-refractivity contribution in [1.82, 2.24) is 25.2 Å². The number of allylic oxidation sites excluding steroid dienone is 1. The van der Waals surface area contributed by atoms with E-state index in [0.717, 1.165) is 4.90 Å². The van der Waals surface area contributed by atoms with Crippen molar-refractivity contribution in [2.24, 2.45) is 17.8 Å². The van der Waals surface area contributed by atoms with Crippen LogP contribution in [-0.2, 0) is 29.1 Å². The Morgan fingerprint density at radius 3 is 2.53 bits per heavy atom. The van der Waals surface area contributed by atoms with Gasteiger partial charge in [-0.25, -0.2) is 22.0 Å². The number of benzene rings is 1. The van der Waals surface area contributed by atoms with Crippen molar-refractivity contribution in [2.45, 2.75) is 113 Å². The lowest BCUT2D eigenvalue weighted by Gasteiger charge is -2.33. The molecule has 1 aromatic heterocycles. The normalized spacial score (nSPS) is 28.9. The molecule has 2 aromatic rings. The molecule has 3 N–H and O–H groups in total. The number of ether oxygens (including phenoxy) is 3. The molecule has 6 rings (SSSR count). The van der Waals surface area contributed by atoms with Crippen molar-refractivity contribution in [3.05, 3.63) is 41.4 Å². The minimum atomic E-state index is -4.90. The predicted molar refractivity (Wildman–Crippen MR) is 202 cm³/mol. The molecular weight excluding hydrogens is 833 g/mol. The summed E-state index contributed by atoms with van der Waals surface area (Å²) >= 11 is 6.43. The first-order valence-electron chi connectivity index (χ1n) is 19.2. The summed E-state index contributed by atoms with van der Waals surface area (Å²) in [6.45, 7) is 2.78. The summed E-state index contributed by atoms with van der Waals surface area (Å²) in [5.74, 6) is -4.51. The molecule has 324 valence electrons. The van der Waals surface area contributed by atoms with E-state index in [0.29, 0.717) is 49.8 Å². The van der Waals surface area contributed by atoms with Gasteiger partial charge in [0.1, 0.15) is 23.7 Å². The monoisotopic (exact) mass is 877 g/mol. The van der Waals surface area contributed by atoms with Gasteiger partial charge in [-0.3, -0.25) is 19.1 Å². The minimum Gasteiger partial charge on any atom is -0.472 e. The van der Waals surface area contributed by atoms with Gasteiger partial charge in [0.15, 0.2) is 12.7 Å². The summed E-state index contributed by atoms with van der Waals surface area (Å²) in [6, 6.07) is 3.09. The highest BCUT2D eigenvalue weighted by Gasteiger charge is 2.62. The Morgan fingerprint density at radius 2 is 1.85 bits per heavy atom. The number of hydrogen-bond acceptors (Lipinski definition) is 10. The number of carbonyl (C=O) groups is 4. The number of hydrogen-bond donors (Lipinski definition) is 3. The van der Waals surface area contributed by atoms with Gasteiger partial charge in [-0.2, -0.15) is 18.2 Å². The van der Waals surface area contributed by atoms with Gasteiger partial charge in [0, 0.05) is 34.2 Å². The van der Waals surface area contributed by atoms with E-state index in [2.05, 4.69) is 25.1 Å². The second-order valence-electron chi connectivity index (χ2n) is 15.8. The van der Waals surface area contributed by atoms with Crippen molar-refractivity contribution >= 4 is 56.2 Å². The smallest absolute Gasteiger partial charge is 0.425 e. The van der Waals surface area contributed by atoms with E-state index >= 15 is 0 Å². The molecule has 0 unspecified atom stereocenters. The lowest BCUT2D eigenvalue weighted by molar-refractivity contribution is -0.197. The average molecular weight is 878 g/mol. The van der Waals surface area contributed by atoms with E-state index in [4.69, 9.17) is 21.1 Å². The largest absolute Gasteiger partial charge is 0.472 e. The molecule has 1 saturated heterocycles. The molecule has 4 amide bonds. The van der Waals surface area contributed by atoms with Crippen LogP contribution >= 0.6 is 11.6 Å². The van der Waals surface area contributed by atoms with Crippen molar-refractivity contribution in [3.63, 3.8) is 0 Å². The number of sulfonamides is 1. The van der Waals surface area contributed by atoms with E-state index in [9.17, 15) is 49.5 Å². The third-order valence-electron chi connectivity index (χ3n) is 11.0. The van der Waals surface area contributed by atoms with Gasteiger partial charge in [0.25, 0.3) is 12.3 Å². The number of amides is 4. The number of fused-ring (bicyclic) bond motifs is 3. The Morgan fingerprint density at radius 1 is 1.12 bits per heavy atom. The molecule has 2 saturated carbocycles. The van der Waals surface area contributed by atoms with E-state index in [-0.39, 0.29) is 42.1 Å². The van der Waals surface area contributed by atoms with Crippen molar-refractivity contribution in [2.75, 3.05) is 13.2 Å². The molecule has 2 aliphatic carbocycles. The fraction of sp³-hybridized carbons (Fsp3) is 0.605. The minimum absolute atomic E-state index is 0.0456. The van der Waals surface area contributed by atoms with Crippen LogP contribution in [0.3, 0.4) is 0 Å². The molecule has 0 radical (unpaired) electrons. The first-order chi connectivity index (χ1) is 27.7. The third kappa shape index (κ3) is 10.3. The maximum absolute atomic E-state index is 14.7. The highest BCUT2D eigenvalue weighted by molar-refractivity contribution is 7.91. The zero-order valence-electron chi connectivity index (χ0n) is 32.3. The highest BCUT2D eigenvalue weighted by Crippen LogP contribution is 2.46. The third-order valence-corrected chi connectivity index (χ3v) is 13.2. The summed E-state index contributed by atoms with van der Waals surface area (Å²) in [5, 5.41) is 5.12. The Balaban J connectivity index is 1.36. The van der Waals surface area contributed by atoms with Crippen LogP contribution in [0.1, 0.15) is 65.7 Å². The number of rotatable bonds is 10. The Labute approximate surface area is 341 Å². The van der Waals surface area contributed by atoms with Crippen LogP contribution in [0.4, 0.5) is 26.7 Å². The van der Waals surface area contributed by atoms with Gasteiger partial charge in [0.05, 0.1) is 11.8 Å². The SMILES string of the molecule is C[C@H]1CC/C=C\[C@@H]2C[C@@]2(C(=O)NS(=O)(=O)C2CC2)NC(=O)[C@@H]2C[C@@H](Oc3nc(OCC(F)F)cc4c(Cl)cccc34)CN2C(=O)[C@@H](NC(=O)O[C@H](C)C(F)(F)F)[C@H](C)C1. The van der Waals surface area contributed by atoms with Crippen LogP contribution in [0, 0.1) is 17.8 Å². The molecule has 0 bridgehead atoms. The molecule has 8 atom stereocenters. The first-order valence-corrected chi connectivity index (χ1v) is 21.2. The Bertz CT molecular complexity index is 2090. The summed E-state index contributed by atoms with van der Waals surface area (Å²) in [4.78, 5) is 61.2. The molecule has 3 heterocycles. The summed E-state index contributed by atoms with van der Waals surface area (Å²) in [6.07, 6.45) is -7.41. The van der Waals surface area contributed by atoms with Crippen LogP contribution in [0.25, 0.3) is 10.8 Å². The lowest BCUT2D eigenvalue weighted by atomic mass is 9.88. The Hall–Kier alpha value is -4.46. The predicted octanol–water partition coefficient (Wildman–Crippen LogP) is 5.42. The number of halogens is 6. The van der Waals surface area contributed by atoms with E-state index in [1.165, 1.54) is 12.1 Å². The quantitative estimate of drug-likeness (QED) is 0.206. The number of nitrogens with zero attached hydrogens (tertiary/aromatic N) is 2. The van der Waals surface area contributed by atoms with Crippen molar-refractivity contribution in [1.29, 1.82) is 0 Å². The zero-order chi connectivity index (χ0) is 43.0. The molecule has 4 aliphatic rings. The number of aromatic nitrogens is 1. The first kappa shape index (κ1) is 44.1. The maximum Gasteiger partial charge on any atom is 0.425 e. The molecule has 3 fully saturated rings. The van der Waals surface area contributed by atoms with E-state index < -0.39 is 100.0 Å². The van der Waals surface area contributed by atoms with Gasteiger partial charge < -0.3 is 29.7 Å². The van der Waals surface area contributed by atoms with Crippen LogP contribution in [0.2, 0.25) is 5.02 Å². The van der Waals surface area contributed by atoms with Gasteiger partial charge in [-0.05, 0) is 69.4 Å². The molecule has 1 aromatic carbocycles. The van der Waals surface area contributed by atoms with Crippen molar-refractivity contribution < 1.29 is 63.8 Å². The summed E-state index contributed by atoms with van der Waals surface area (Å²) in [7, 11) is -4.03. The van der Waals surface area contributed by atoms with E-state index in [1.807, 2.05) is 13.0 Å². The fourth-order valence-corrected chi connectivity index (χ4v) is 9.14. The van der Waals surface area contributed by atoms with Crippen LogP contribution in [-0.4, -0.2) is 103 Å². The molecule has 14 nitrogen and oxygen atoms in total. The fourth-order valence-electron chi connectivity index (χ4n) is 7.54. The molecule has 0 spiro atoms. The molecular formula is C38H45ClF5N5O9S. The highest BCUT2D eigenvalue weighted by atomic mass is 35.5. The lowest BCUT2D eigenvalue weighted by Crippen LogP contribution is -2.59. The van der Waals surface area contributed by atoms with Crippen LogP contribution in [0.15, 0.2) is 36.4 Å². The van der Waals surface area contributed by atoms with Crippen LogP contribution < -0.4 is 24.8 Å². The summed E-state index contributed by atoms with van der Waals surface area (Å²) < 4.78 is 110. The second-order valence-corrected chi connectivity index (χ2v) is 18.1. The number of alkyl carbamates (subject to hydrolysis) is 1. The standard InChI is InChI=1S/C38H45ClF5N5O9S/c1-19-7-4-5-8-22-16-37(22,35(52)48-59(54,55)24-11-12-24)47-32(50)28-14-23(58-33-25-9-6-10-27(39)26(25)15-30(45-33)56-18-29(40)41)17-49(28)34(51)31(20(2)13-19)46-36(53)57-21(3)38(42,43)44/h5-6,8-10,15,19-24,28-29,31H,4,7,11-14,16-18H2,1-3H3,(H,46,53)(H,47,50)(H,48,52)/b8-5-/t19-,20+,21+,22+,23+,28-,31-,37+/m0/s1. The molecule has 59 heavy (non-hydrogen) atoms. The van der Waals surface area contributed by atoms with Gasteiger partial charge in [-0.1, -0.05) is 43.7 Å². The average Bonchev–Trinajstić information content (AvgIpc) is 4.08. The van der Waals surface area contributed by atoms with Crippen molar-refractivity contribution in [3.8, 4) is 11.8 Å². The number of alkyl halides is 5. The van der Waals surface area contributed by atoms with Crippen LogP contribution in [0.5, 0.6) is 11.8 Å². The molecule has 21 heteroatoms. The Kier molecular flexibility index (Phi) is 12.9. The second kappa shape index (κ2) is 17.3. The number of carbonyl (C=O) groups excluding carboxylic acids is 4. The number of pyridine rings is 1. The topological polar surface area (TPSA) is 182 Å². The van der Waals surface area contributed by atoms with Gasteiger partial charge in [-0.15, -0.1) is 0 Å². The zero-order valence-corrected chi connectivity index (χ0v) is 33.8. The van der Waals surface area contributed by atoms with E-state index in [1.54, 1.807) is 25.1 Å².